The molecule has 2 aromatic carbocycles. The fraction of sp³-hybridized carbons (Fsp3) is 0. The number of rotatable bonds is 1. The lowest BCUT2D eigenvalue weighted by molar-refractivity contribution is 1.33. The normalized spacial score (nSPS) is 11.1. The minimum Gasteiger partial charge on any atom is -0.338 e. The Kier molecular flexibility index (Phi) is 3.06. The number of nitrogens with one attached hydrogen (secondary N) is 1. The summed E-state index contributed by atoms with van der Waals surface area (Å²) < 4.78 is 0.987. The third-order valence-corrected chi connectivity index (χ3v) is 4.07. The van der Waals surface area contributed by atoms with Gasteiger partial charge in [-0.1, -0.05) is 57.3 Å². The van der Waals surface area contributed by atoms with Crippen LogP contribution in [-0.4, -0.2) is 9.97 Å². The van der Waals surface area contributed by atoms with E-state index in [9.17, 15) is 0 Å². The molecule has 0 fully saturated rings. The van der Waals surface area contributed by atoms with Crippen molar-refractivity contribution in [3.63, 3.8) is 0 Å². The van der Waals surface area contributed by atoms with E-state index >= 15 is 0 Å². The third kappa shape index (κ3) is 2.03. The molecule has 0 bridgehead atoms. The average molecular weight is 342 g/mol. The van der Waals surface area contributed by atoms with Gasteiger partial charge in [0, 0.05) is 10.0 Å². The zero-order chi connectivity index (χ0) is 12.7. The largest absolute Gasteiger partial charge is 0.338 e. The monoisotopic (exact) mass is 340 g/mol. The molecule has 1 heterocycles. The van der Waals surface area contributed by atoms with Crippen molar-refractivity contribution in [3.05, 3.63) is 50.9 Å². The average Bonchev–Trinajstić information content (AvgIpc) is 2.73. The Morgan fingerprint density at radius 2 is 1.78 bits per heavy atom. The minimum absolute atomic E-state index is 0.509. The zero-order valence-corrected chi connectivity index (χ0v) is 12.1. The van der Waals surface area contributed by atoms with Crippen LogP contribution >= 0.6 is 39.1 Å². The summed E-state index contributed by atoms with van der Waals surface area (Å²) in [5.74, 6) is 0.788. The van der Waals surface area contributed by atoms with Gasteiger partial charge in [0.15, 0.2) is 0 Å². The molecule has 2 nitrogen and oxygen atoms in total. The maximum Gasteiger partial charge on any atom is 0.139 e. The van der Waals surface area contributed by atoms with E-state index in [1.54, 1.807) is 12.1 Å². The lowest BCUT2D eigenvalue weighted by atomic mass is 10.2. The van der Waals surface area contributed by atoms with Crippen molar-refractivity contribution in [3.8, 4) is 11.4 Å². The molecular formula is C13H7BrCl2N2. The maximum absolute atomic E-state index is 5.99. The van der Waals surface area contributed by atoms with E-state index in [0.29, 0.717) is 10.0 Å². The second-order valence-electron chi connectivity index (χ2n) is 3.85. The van der Waals surface area contributed by atoms with E-state index in [4.69, 9.17) is 23.2 Å². The molecule has 0 aliphatic heterocycles. The quantitative estimate of drug-likeness (QED) is 0.639. The molecule has 0 unspecified atom stereocenters. The predicted octanol–water partition coefficient (Wildman–Crippen LogP) is 5.30. The highest BCUT2D eigenvalue weighted by molar-refractivity contribution is 9.10. The highest BCUT2D eigenvalue weighted by Gasteiger charge is 2.10. The number of hydrogen-bond acceptors (Lipinski definition) is 1. The van der Waals surface area contributed by atoms with Gasteiger partial charge >= 0.3 is 0 Å². The lowest BCUT2D eigenvalue weighted by Gasteiger charge is -1.98. The second kappa shape index (κ2) is 4.57. The van der Waals surface area contributed by atoms with Crippen molar-refractivity contribution >= 4 is 50.2 Å². The van der Waals surface area contributed by atoms with Crippen molar-refractivity contribution in [1.29, 1.82) is 0 Å². The third-order valence-electron chi connectivity index (χ3n) is 2.65. The van der Waals surface area contributed by atoms with Crippen molar-refractivity contribution in [2.75, 3.05) is 0 Å². The van der Waals surface area contributed by atoms with Gasteiger partial charge in [-0.25, -0.2) is 4.98 Å². The first-order valence-electron chi connectivity index (χ1n) is 5.25. The number of halogens is 3. The molecule has 1 aromatic heterocycles. The van der Waals surface area contributed by atoms with Crippen LogP contribution in [0.4, 0.5) is 0 Å². The van der Waals surface area contributed by atoms with Crippen LogP contribution in [-0.2, 0) is 0 Å². The van der Waals surface area contributed by atoms with Gasteiger partial charge in [0.1, 0.15) is 5.82 Å². The molecule has 90 valence electrons. The first-order chi connectivity index (χ1) is 8.65. The summed E-state index contributed by atoms with van der Waals surface area (Å²) in [6.45, 7) is 0. The molecule has 3 aromatic rings. The van der Waals surface area contributed by atoms with E-state index in [2.05, 4.69) is 25.9 Å². The topological polar surface area (TPSA) is 28.7 Å². The van der Waals surface area contributed by atoms with E-state index < -0.39 is 0 Å². The van der Waals surface area contributed by atoms with Gasteiger partial charge in [-0.15, -0.1) is 0 Å². The predicted molar refractivity (Wildman–Crippen MR) is 79.2 cm³/mol. The van der Waals surface area contributed by atoms with Gasteiger partial charge in [0.25, 0.3) is 0 Å². The van der Waals surface area contributed by atoms with E-state index in [-0.39, 0.29) is 0 Å². The molecule has 0 radical (unpaired) electrons. The molecule has 1 N–H and O–H groups in total. The summed E-state index contributed by atoms with van der Waals surface area (Å²) in [5, 5.41) is 1.03. The summed E-state index contributed by atoms with van der Waals surface area (Å²) in [6.07, 6.45) is 0. The summed E-state index contributed by atoms with van der Waals surface area (Å²) >= 11 is 15.5. The molecule has 0 aliphatic rings. The van der Waals surface area contributed by atoms with Crippen molar-refractivity contribution in [2.24, 2.45) is 0 Å². The van der Waals surface area contributed by atoms with Gasteiger partial charge in [-0.05, 0) is 18.2 Å². The van der Waals surface area contributed by atoms with Crippen LogP contribution in [0.25, 0.3) is 22.4 Å². The molecule has 0 amide bonds. The molecule has 18 heavy (non-hydrogen) atoms. The minimum atomic E-state index is 0.509. The van der Waals surface area contributed by atoms with E-state index in [1.165, 1.54) is 0 Å². The standard InChI is InChI=1S/C13H7BrCl2N2/c14-8-4-2-1-3-7(8)13-17-11-5-9(15)10(16)6-12(11)18-13/h1-6H,(H,17,18). The fourth-order valence-electron chi connectivity index (χ4n) is 1.79. The summed E-state index contributed by atoms with van der Waals surface area (Å²) in [4.78, 5) is 7.75. The van der Waals surface area contributed by atoms with Crippen molar-refractivity contribution in [1.82, 2.24) is 9.97 Å². The van der Waals surface area contributed by atoms with Crippen LogP contribution < -0.4 is 0 Å². The van der Waals surface area contributed by atoms with E-state index in [1.807, 2.05) is 24.3 Å². The Balaban J connectivity index is 2.23. The molecule has 3 rings (SSSR count). The van der Waals surface area contributed by atoms with Crippen LogP contribution in [0.5, 0.6) is 0 Å². The maximum atomic E-state index is 5.99. The van der Waals surface area contributed by atoms with Gasteiger partial charge < -0.3 is 4.98 Å². The van der Waals surface area contributed by atoms with Gasteiger partial charge in [0.2, 0.25) is 0 Å². The first kappa shape index (κ1) is 12.0. The summed E-state index contributed by atoms with van der Waals surface area (Å²) in [6, 6.07) is 11.4. The zero-order valence-electron chi connectivity index (χ0n) is 9.05. The fourth-order valence-corrected chi connectivity index (χ4v) is 2.58. The molecule has 0 atom stereocenters. The number of imidazole rings is 1. The van der Waals surface area contributed by atoms with Crippen LogP contribution in [0.2, 0.25) is 10.0 Å². The van der Waals surface area contributed by atoms with Crippen LogP contribution in [0.15, 0.2) is 40.9 Å². The SMILES string of the molecule is Clc1cc2nc(-c3ccccc3Br)[nH]c2cc1Cl. The highest BCUT2D eigenvalue weighted by Crippen LogP contribution is 2.31. The van der Waals surface area contributed by atoms with E-state index in [0.717, 1.165) is 26.9 Å². The number of H-pyrrole nitrogens is 1. The Hall–Kier alpha value is -1.03. The number of aromatic nitrogens is 2. The Morgan fingerprint density at radius 1 is 1.06 bits per heavy atom. The second-order valence-corrected chi connectivity index (χ2v) is 5.52. The van der Waals surface area contributed by atoms with Gasteiger partial charge in [-0.2, -0.15) is 0 Å². The molecule has 5 heteroatoms. The van der Waals surface area contributed by atoms with Gasteiger partial charge in [0.05, 0.1) is 21.1 Å². The summed E-state index contributed by atoms with van der Waals surface area (Å²) in [7, 11) is 0. The highest BCUT2D eigenvalue weighted by atomic mass is 79.9. The van der Waals surface area contributed by atoms with Crippen molar-refractivity contribution in [2.45, 2.75) is 0 Å². The Labute approximate surface area is 122 Å². The molecule has 0 saturated heterocycles. The Morgan fingerprint density at radius 3 is 2.56 bits per heavy atom. The molecule has 0 saturated carbocycles. The van der Waals surface area contributed by atoms with Crippen molar-refractivity contribution < 1.29 is 0 Å². The van der Waals surface area contributed by atoms with Gasteiger partial charge in [-0.3, -0.25) is 0 Å². The summed E-state index contributed by atoms with van der Waals surface area (Å²) in [5.41, 5.74) is 2.67. The molecular weight excluding hydrogens is 335 g/mol. The first-order valence-corrected chi connectivity index (χ1v) is 6.80. The van der Waals surface area contributed by atoms with Crippen LogP contribution in [0.1, 0.15) is 0 Å². The lowest BCUT2D eigenvalue weighted by Crippen LogP contribution is -1.80. The Bertz CT molecular complexity index is 698. The number of nitrogens with zero attached hydrogens (tertiary/aromatic N) is 1. The molecule has 0 aliphatic carbocycles. The van der Waals surface area contributed by atoms with Crippen LogP contribution in [0.3, 0.4) is 0 Å². The molecule has 0 spiro atoms. The smallest absolute Gasteiger partial charge is 0.139 e. The number of aromatic amines is 1. The number of hydrogen-bond donors (Lipinski definition) is 1. The number of fused-ring (bicyclic) bond motifs is 1. The number of benzene rings is 2. The van der Waals surface area contributed by atoms with Crippen LogP contribution in [0, 0.1) is 0 Å².